The number of aromatic nitrogens is 1. The summed E-state index contributed by atoms with van der Waals surface area (Å²) in [6.45, 7) is -0.134. The van der Waals surface area contributed by atoms with Crippen molar-refractivity contribution in [3.8, 4) is 5.75 Å². The highest BCUT2D eigenvalue weighted by Crippen LogP contribution is 2.39. The Balaban J connectivity index is 1.59. The van der Waals surface area contributed by atoms with Crippen molar-refractivity contribution in [1.82, 2.24) is 10.3 Å². The molecule has 0 aliphatic heterocycles. The van der Waals surface area contributed by atoms with Gasteiger partial charge in [0.2, 0.25) is 0 Å². The second-order valence-electron chi connectivity index (χ2n) is 5.71. The van der Waals surface area contributed by atoms with Crippen LogP contribution in [0.4, 0.5) is 5.69 Å². The number of carbonyl (C=O) groups is 1. The summed E-state index contributed by atoms with van der Waals surface area (Å²) >= 11 is 1.55. The van der Waals surface area contributed by atoms with Gasteiger partial charge < -0.3 is 10.1 Å². The average Bonchev–Trinajstić information content (AvgIpc) is 3.25. The maximum atomic E-state index is 12.3. The Hall–Kier alpha value is -2.48. The molecule has 0 spiro atoms. The molecule has 0 unspecified atom stereocenters. The van der Waals surface area contributed by atoms with Gasteiger partial charge in [-0.05, 0) is 25.0 Å². The number of hydrogen-bond donors (Lipinski definition) is 1. The topological polar surface area (TPSA) is 94.4 Å². The number of ether oxygens (including phenoxy) is 1. The van der Waals surface area contributed by atoms with Crippen LogP contribution in [0.2, 0.25) is 0 Å². The van der Waals surface area contributed by atoms with E-state index in [4.69, 9.17) is 4.74 Å². The molecule has 0 saturated heterocycles. The number of nitro benzene ring substituents is 1. The molecule has 1 N–H and O–H groups in total. The third-order valence-corrected chi connectivity index (χ3v) is 5.07. The second-order valence-corrected chi connectivity index (χ2v) is 6.61. The van der Waals surface area contributed by atoms with Crippen molar-refractivity contribution in [2.24, 2.45) is 0 Å². The first-order chi connectivity index (χ1) is 11.6. The molecule has 1 aliphatic rings. The Labute approximate surface area is 142 Å². The molecule has 1 aromatic heterocycles. The van der Waals surface area contributed by atoms with Crippen LogP contribution in [0.25, 0.3) is 0 Å². The normalized spacial score (nSPS) is 15.8. The fourth-order valence-corrected chi connectivity index (χ4v) is 3.80. The van der Waals surface area contributed by atoms with Crippen LogP contribution < -0.4 is 10.1 Å². The van der Waals surface area contributed by atoms with Crippen LogP contribution in [-0.2, 0) is 10.3 Å². The maximum Gasteiger partial charge on any atom is 0.269 e. The lowest BCUT2D eigenvalue weighted by Crippen LogP contribution is -2.45. The lowest BCUT2D eigenvalue weighted by Gasteiger charge is -2.28. The lowest BCUT2D eigenvalue weighted by molar-refractivity contribution is -0.384. The summed E-state index contributed by atoms with van der Waals surface area (Å²) in [5.41, 5.74) is -0.398. The van der Waals surface area contributed by atoms with E-state index in [-0.39, 0.29) is 23.7 Å². The smallest absolute Gasteiger partial charge is 0.269 e. The van der Waals surface area contributed by atoms with Gasteiger partial charge in [0.1, 0.15) is 10.8 Å². The van der Waals surface area contributed by atoms with E-state index in [1.807, 2.05) is 5.38 Å². The van der Waals surface area contributed by atoms with E-state index in [0.717, 1.165) is 30.7 Å². The fourth-order valence-electron chi connectivity index (χ4n) is 2.95. The number of hydrogen-bond acceptors (Lipinski definition) is 6. The van der Waals surface area contributed by atoms with E-state index >= 15 is 0 Å². The lowest BCUT2D eigenvalue weighted by atomic mass is 9.98. The van der Waals surface area contributed by atoms with Gasteiger partial charge in [-0.2, -0.15) is 0 Å². The van der Waals surface area contributed by atoms with Gasteiger partial charge >= 0.3 is 0 Å². The molecule has 1 aliphatic carbocycles. The Morgan fingerprint density at radius 2 is 2.04 bits per heavy atom. The molecule has 0 atom stereocenters. The fraction of sp³-hybridized carbons (Fsp3) is 0.375. The van der Waals surface area contributed by atoms with Gasteiger partial charge in [0.25, 0.3) is 11.6 Å². The molecule has 126 valence electrons. The van der Waals surface area contributed by atoms with Crippen LogP contribution in [0.1, 0.15) is 30.7 Å². The van der Waals surface area contributed by atoms with E-state index in [2.05, 4.69) is 10.3 Å². The predicted octanol–water partition coefficient (Wildman–Crippen LogP) is 3.02. The summed E-state index contributed by atoms with van der Waals surface area (Å²) in [6.07, 6.45) is 5.62. The number of thiazole rings is 1. The monoisotopic (exact) mass is 347 g/mol. The molecule has 1 heterocycles. The number of nitrogens with zero attached hydrogens (tertiary/aromatic N) is 2. The Bertz CT molecular complexity index is 709. The van der Waals surface area contributed by atoms with Crippen LogP contribution in [-0.4, -0.2) is 22.4 Å². The number of nitro groups is 1. The van der Waals surface area contributed by atoms with E-state index in [1.165, 1.54) is 24.3 Å². The molecular formula is C16H17N3O4S. The Morgan fingerprint density at radius 3 is 2.62 bits per heavy atom. The standard InChI is InChI=1S/C16H17N3O4S/c20-14(11-23-13-5-3-12(4-6-13)19(21)22)18-16(7-1-2-8-16)15-17-9-10-24-15/h3-6,9-10H,1-2,7-8,11H2,(H,18,20). The van der Waals surface area contributed by atoms with Gasteiger partial charge in [-0.1, -0.05) is 12.8 Å². The molecule has 1 amide bonds. The zero-order valence-corrected chi connectivity index (χ0v) is 13.8. The summed E-state index contributed by atoms with van der Waals surface area (Å²) in [6, 6.07) is 5.66. The minimum absolute atomic E-state index is 0.0134. The van der Waals surface area contributed by atoms with Gasteiger partial charge in [-0.25, -0.2) is 4.98 Å². The first-order valence-electron chi connectivity index (χ1n) is 7.67. The van der Waals surface area contributed by atoms with Gasteiger partial charge in [0.15, 0.2) is 6.61 Å². The minimum Gasteiger partial charge on any atom is -0.484 e. The van der Waals surface area contributed by atoms with Crippen LogP contribution in [0.5, 0.6) is 5.75 Å². The van der Waals surface area contributed by atoms with Crippen LogP contribution in [0.3, 0.4) is 0 Å². The van der Waals surface area contributed by atoms with Crippen molar-refractivity contribution < 1.29 is 14.5 Å². The molecule has 24 heavy (non-hydrogen) atoms. The Kier molecular flexibility index (Phi) is 4.75. The second kappa shape index (κ2) is 6.96. The minimum atomic E-state index is -0.478. The van der Waals surface area contributed by atoms with E-state index in [0.29, 0.717) is 5.75 Å². The largest absolute Gasteiger partial charge is 0.484 e. The number of rotatable bonds is 6. The summed E-state index contributed by atoms with van der Waals surface area (Å²) < 4.78 is 5.42. The first-order valence-corrected chi connectivity index (χ1v) is 8.55. The molecule has 3 rings (SSSR count). The SMILES string of the molecule is O=C(COc1ccc([N+](=O)[O-])cc1)NC1(c2nccs2)CCCC1. The molecule has 0 bridgehead atoms. The van der Waals surface area contributed by atoms with Crippen LogP contribution in [0, 0.1) is 10.1 Å². The third kappa shape index (κ3) is 3.53. The molecule has 2 aromatic rings. The van der Waals surface area contributed by atoms with Crippen molar-refractivity contribution in [2.75, 3.05) is 6.61 Å². The number of benzene rings is 1. The van der Waals surface area contributed by atoms with Gasteiger partial charge in [-0.3, -0.25) is 14.9 Å². The van der Waals surface area contributed by atoms with Gasteiger partial charge in [0, 0.05) is 23.7 Å². The summed E-state index contributed by atoms with van der Waals surface area (Å²) in [7, 11) is 0. The molecule has 1 fully saturated rings. The van der Waals surface area contributed by atoms with Crippen LogP contribution in [0.15, 0.2) is 35.8 Å². The molecule has 7 nitrogen and oxygen atoms in total. The molecule has 8 heteroatoms. The van der Waals surface area contributed by atoms with Gasteiger partial charge in [0.05, 0.1) is 10.5 Å². The van der Waals surface area contributed by atoms with Crippen molar-refractivity contribution in [1.29, 1.82) is 0 Å². The zero-order chi connectivity index (χ0) is 17.0. The van der Waals surface area contributed by atoms with Crippen molar-refractivity contribution in [3.63, 3.8) is 0 Å². The van der Waals surface area contributed by atoms with Crippen molar-refractivity contribution in [3.05, 3.63) is 51.0 Å². The molecule has 1 aromatic carbocycles. The zero-order valence-electron chi connectivity index (χ0n) is 12.9. The third-order valence-electron chi connectivity index (χ3n) is 4.09. The highest BCUT2D eigenvalue weighted by molar-refractivity contribution is 7.09. The van der Waals surface area contributed by atoms with E-state index in [9.17, 15) is 14.9 Å². The first kappa shape index (κ1) is 16.4. The van der Waals surface area contributed by atoms with Crippen LogP contribution >= 0.6 is 11.3 Å². The number of amides is 1. The molecule has 0 radical (unpaired) electrons. The van der Waals surface area contributed by atoms with Crippen molar-refractivity contribution in [2.45, 2.75) is 31.2 Å². The average molecular weight is 347 g/mol. The summed E-state index contributed by atoms with van der Waals surface area (Å²) in [5.74, 6) is 0.205. The van der Waals surface area contributed by atoms with Gasteiger partial charge in [-0.15, -0.1) is 11.3 Å². The Morgan fingerprint density at radius 1 is 1.33 bits per heavy atom. The van der Waals surface area contributed by atoms with E-state index in [1.54, 1.807) is 17.5 Å². The maximum absolute atomic E-state index is 12.3. The van der Waals surface area contributed by atoms with E-state index < -0.39 is 4.92 Å². The quantitative estimate of drug-likeness (QED) is 0.640. The summed E-state index contributed by atoms with van der Waals surface area (Å²) in [4.78, 5) is 26.8. The number of nitrogens with one attached hydrogen (secondary N) is 1. The summed E-state index contributed by atoms with van der Waals surface area (Å²) in [5, 5.41) is 16.5. The molecular weight excluding hydrogens is 330 g/mol. The highest BCUT2D eigenvalue weighted by atomic mass is 32.1. The highest BCUT2D eigenvalue weighted by Gasteiger charge is 2.39. The molecule has 1 saturated carbocycles. The number of non-ortho nitro benzene ring substituents is 1. The number of carbonyl (C=O) groups excluding carboxylic acids is 1. The van der Waals surface area contributed by atoms with Crippen molar-refractivity contribution >= 4 is 22.9 Å². The predicted molar refractivity (Wildman–Crippen MR) is 89.0 cm³/mol.